The molecule has 1 N–H and O–H groups in total. The topological polar surface area (TPSA) is 55.1 Å². The van der Waals surface area contributed by atoms with Crippen molar-refractivity contribution in [1.29, 1.82) is 0 Å². The zero-order valence-corrected chi connectivity index (χ0v) is 15.8. The Hall–Kier alpha value is -3.80. The molecule has 0 radical (unpaired) electrons. The highest BCUT2D eigenvalue weighted by atomic mass is 19.1. The van der Waals surface area contributed by atoms with Gasteiger partial charge in [0.15, 0.2) is 5.65 Å². The predicted octanol–water partition coefficient (Wildman–Crippen LogP) is 5.00. The molecule has 5 rings (SSSR count). The van der Waals surface area contributed by atoms with Gasteiger partial charge in [-0.25, -0.2) is 9.37 Å². The normalized spacial score (nSPS) is 11.2. The summed E-state index contributed by atoms with van der Waals surface area (Å²) in [7, 11) is 0. The lowest BCUT2D eigenvalue weighted by molar-refractivity contribution is 0.627. The summed E-state index contributed by atoms with van der Waals surface area (Å²) in [5.74, 6) is 0.500. The van der Waals surface area contributed by atoms with Crippen molar-refractivity contribution in [2.24, 2.45) is 0 Å². The summed E-state index contributed by atoms with van der Waals surface area (Å²) < 4.78 is 14.9. The summed E-state index contributed by atoms with van der Waals surface area (Å²) in [4.78, 5) is 4.85. The zero-order valence-electron chi connectivity index (χ0n) is 15.8. The fourth-order valence-electron chi connectivity index (χ4n) is 3.39. The number of hydrogen-bond donors (Lipinski definition) is 1. The minimum absolute atomic E-state index is 0.244. The molecule has 5 aromatic rings. The fourth-order valence-corrected chi connectivity index (χ4v) is 3.39. The maximum atomic E-state index is 13.2. The zero-order chi connectivity index (χ0) is 19.8. The molecular weight excluding hydrogens is 365 g/mol. The van der Waals surface area contributed by atoms with E-state index in [4.69, 9.17) is 4.98 Å². The van der Waals surface area contributed by atoms with Crippen molar-refractivity contribution in [2.45, 2.75) is 13.5 Å². The molecule has 0 saturated carbocycles. The molecule has 0 spiro atoms. The monoisotopic (exact) mass is 383 g/mol. The van der Waals surface area contributed by atoms with E-state index >= 15 is 0 Å². The molecule has 0 bridgehead atoms. The second kappa shape index (κ2) is 6.98. The van der Waals surface area contributed by atoms with Gasteiger partial charge in [0.05, 0.1) is 5.52 Å². The standard InChI is InChI=1S/C23H18FN5/c1-15-6-10-17(11-7-15)21-23-26-22(25-14-16-8-12-18(24)13-9-16)19-4-2-3-5-20(19)29(23)28-27-21/h2-13H,14H2,1H3,(H,25,26). The number of hydrogen-bond acceptors (Lipinski definition) is 4. The molecule has 0 saturated heterocycles. The molecule has 0 aliphatic heterocycles. The van der Waals surface area contributed by atoms with Crippen LogP contribution in [0.25, 0.3) is 27.8 Å². The van der Waals surface area contributed by atoms with Gasteiger partial charge in [0.1, 0.15) is 17.3 Å². The Balaban J connectivity index is 1.62. The number of nitrogens with zero attached hydrogens (tertiary/aromatic N) is 4. The molecule has 0 unspecified atom stereocenters. The number of halogens is 1. The van der Waals surface area contributed by atoms with E-state index in [-0.39, 0.29) is 5.82 Å². The van der Waals surface area contributed by atoms with E-state index in [1.165, 1.54) is 17.7 Å². The molecule has 0 amide bonds. The van der Waals surface area contributed by atoms with Crippen molar-refractivity contribution in [2.75, 3.05) is 5.32 Å². The van der Waals surface area contributed by atoms with E-state index in [9.17, 15) is 4.39 Å². The van der Waals surface area contributed by atoms with Crippen molar-refractivity contribution in [3.63, 3.8) is 0 Å². The van der Waals surface area contributed by atoms with Crippen LogP contribution < -0.4 is 5.32 Å². The second-order valence-corrected chi connectivity index (χ2v) is 7.00. The Morgan fingerprint density at radius 2 is 1.69 bits per heavy atom. The highest BCUT2D eigenvalue weighted by Crippen LogP contribution is 2.28. The molecule has 3 aromatic carbocycles. The SMILES string of the molecule is Cc1ccc(-c2nnn3c2nc(NCc2ccc(F)cc2)c2ccccc23)cc1. The number of aromatic nitrogens is 4. The highest BCUT2D eigenvalue weighted by molar-refractivity contribution is 5.93. The van der Waals surface area contributed by atoms with Gasteiger partial charge in [0.2, 0.25) is 0 Å². The molecule has 0 aliphatic carbocycles. The summed E-state index contributed by atoms with van der Waals surface area (Å²) >= 11 is 0. The van der Waals surface area contributed by atoms with Crippen LogP contribution in [0.5, 0.6) is 0 Å². The summed E-state index contributed by atoms with van der Waals surface area (Å²) in [5, 5.41) is 13.1. The third-order valence-electron chi connectivity index (χ3n) is 4.95. The first-order valence-electron chi connectivity index (χ1n) is 9.38. The van der Waals surface area contributed by atoms with Gasteiger partial charge >= 0.3 is 0 Å². The van der Waals surface area contributed by atoms with Crippen LogP contribution in [0.4, 0.5) is 10.2 Å². The number of benzene rings is 3. The minimum atomic E-state index is -0.244. The lowest BCUT2D eigenvalue weighted by atomic mass is 10.1. The van der Waals surface area contributed by atoms with Gasteiger partial charge < -0.3 is 5.32 Å². The van der Waals surface area contributed by atoms with E-state index in [2.05, 4.69) is 34.7 Å². The third-order valence-corrected chi connectivity index (χ3v) is 4.95. The van der Waals surface area contributed by atoms with Gasteiger partial charge in [-0.3, -0.25) is 0 Å². The maximum Gasteiger partial charge on any atom is 0.186 e. The van der Waals surface area contributed by atoms with Gasteiger partial charge in [0, 0.05) is 17.5 Å². The lowest BCUT2D eigenvalue weighted by Gasteiger charge is -2.10. The van der Waals surface area contributed by atoms with Crippen molar-refractivity contribution >= 4 is 22.4 Å². The van der Waals surface area contributed by atoms with Crippen LogP contribution in [0.15, 0.2) is 72.8 Å². The molecule has 2 aromatic heterocycles. The van der Waals surface area contributed by atoms with Gasteiger partial charge in [-0.2, -0.15) is 4.52 Å². The molecule has 0 fully saturated rings. The van der Waals surface area contributed by atoms with Gasteiger partial charge in [-0.15, -0.1) is 5.10 Å². The van der Waals surface area contributed by atoms with Crippen molar-refractivity contribution < 1.29 is 4.39 Å². The van der Waals surface area contributed by atoms with E-state index in [0.717, 1.165) is 33.5 Å². The van der Waals surface area contributed by atoms with Crippen LogP contribution in [-0.2, 0) is 6.54 Å². The van der Waals surface area contributed by atoms with E-state index in [0.29, 0.717) is 12.2 Å². The first kappa shape index (κ1) is 17.3. The van der Waals surface area contributed by atoms with Gasteiger partial charge in [-0.1, -0.05) is 59.3 Å². The molecular formula is C23H18FN5. The molecule has 0 atom stereocenters. The Labute approximate surface area is 166 Å². The van der Waals surface area contributed by atoms with Crippen LogP contribution >= 0.6 is 0 Å². The van der Waals surface area contributed by atoms with Gasteiger partial charge in [0.25, 0.3) is 0 Å². The molecule has 29 heavy (non-hydrogen) atoms. The van der Waals surface area contributed by atoms with E-state index < -0.39 is 0 Å². The molecule has 6 heteroatoms. The first-order chi connectivity index (χ1) is 14.2. The van der Waals surface area contributed by atoms with Crippen molar-refractivity contribution in [3.05, 3.63) is 89.7 Å². The number of fused-ring (bicyclic) bond motifs is 3. The molecule has 142 valence electrons. The number of rotatable bonds is 4. The van der Waals surface area contributed by atoms with Crippen LogP contribution in [0.1, 0.15) is 11.1 Å². The first-order valence-corrected chi connectivity index (χ1v) is 9.38. The average molecular weight is 383 g/mol. The van der Waals surface area contributed by atoms with E-state index in [1.54, 1.807) is 16.6 Å². The Bertz CT molecular complexity index is 1310. The minimum Gasteiger partial charge on any atom is -0.365 e. The van der Waals surface area contributed by atoms with Crippen LogP contribution in [0.2, 0.25) is 0 Å². The third kappa shape index (κ3) is 3.18. The number of para-hydroxylation sites is 1. The Kier molecular flexibility index (Phi) is 4.17. The van der Waals surface area contributed by atoms with Crippen LogP contribution in [0, 0.1) is 12.7 Å². The van der Waals surface area contributed by atoms with Gasteiger partial charge in [-0.05, 0) is 36.8 Å². The van der Waals surface area contributed by atoms with Crippen molar-refractivity contribution in [1.82, 2.24) is 19.8 Å². The largest absolute Gasteiger partial charge is 0.365 e. The fraction of sp³-hybridized carbons (Fsp3) is 0.0870. The summed E-state index contributed by atoms with van der Waals surface area (Å²) in [6, 6.07) is 22.6. The maximum absolute atomic E-state index is 13.2. The predicted molar refractivity (Wildman–Crippen MR) is 112 cm³/mol. The molecule has 5 nitrogen and oxygen atoms in total. The Morgan fingerprint density at radius 1 is 0.931 bits per heavy atom. The molecule has 0 aliphatic rings. The number of nitrogens with one attached hydrogen (secondary N) is 1. The second-order valence-electron chi connectivity index (χ2n) is 7.00. The van der Waals surface area contributed by atoms with E-state index in [1.807, 2.05) is 36.4 Å². The smallest absolute Gasteiger partial charge is 0.186 e. The molecule has 2 heterocycles. The number of aryl methyl sites for hydroxylation is 1. The number of anilines is 1. The summed E-state index contributed by atoms with van der Waals surface area (Å²) in [6.45, 7) is 2.59. The summed E-state index contributed by atoms with van der Waals surface area (Å²) in [5.41, 5.74) is 5.48. The van der Waals surface area contributed by atoms with Crippen molar-refractivity contribution in [3.8, 4) is 11.3 Å². The summed E-state index contributed by atoms with van der Waals surface area (Å²) in [6.07, 6.45) is 0. The lowest BCUT2D eigenvalue weighted by Crippen LogP contribution is -2.05. The quantitative estimate of drug-likeness (QED) is 0.474. The Morgan fingerprint density at radius 3 is 2.48 bits per heavy atom. The van der Waals surface area contributed by atoms with Crippen LogP contribution in [-0.4, -0.2) is 19.8 Å². The van der Waals surface area contributed by atoms with Crippen LogP contribution in [0.3, 0.4) is 0 Å². The average Bonchev–Trinajstić information content (AvgIpc) is 3.18. The highest BCUT2D eigenvalue weighted by Gasteiger charge is 2.15.